The third kappa shape index (κ3) is 8.99. The molecule has 2 aromatic rings. The minimum absolute atomic E-state index is 0.253. The smallest absolute Gasteiger partial charge is 0.444 e. The summed E-state index contributed by atoms with van der Waals surface area (Å²) in [6.45, 7) is 12.8. The fourth-order valence-corrected chi connectivity index (χ4v) is 6.78. The lowest BCUT2D eigenvalue weighted by molar-refractivity contribution is -0.141. The van der Waals surface area contributed by atoms with Gasteiger partial charge in [-0.05, 0) is 69.7 Å². The first-order valence-corrected chi connectivity index (χ1v) is 16.0. The van der Waals surface area contributed by atoms with E-state index in [1.54, 1.807) is 69.3 Å². The van der Waals surface area contributed by atoms with Crippen molar-refractivity contribution in [3.63, 3.8) is 0 Å². The molecule has 1 aliphatic heterocycles. The number of benzene rings is 2. The van der Waals surface area contributed by atoms with Gasteiger partial charge in [0, 0.05) is 6.54 Å². The number of ether oxygens (including phenoxy) is 1. The Labute approximate surface area is 249 Å². The Morgan fingerprint density at radius 3 is 1.83 bits per heavy atom. The molecule has 2 aromatic carbocycles. The summed E-state index contributed by atoms with van der Waals surface area (Å²) in [7, 11) is -4.05. The van der Waals surface area contributed by atoms with Crippen LogP contribution in [0.5, 0.6) is 11.5 Å². The summed E-state index contributed by atoms with van der Waals surface area (Å²) in [5.74, 6) is -1.80. The monoisotopic (exact) mass is 601 g/mol. The first-order valence-electron chi connectivity index (χ1n) is 14.4. The number of carbonyl (C=O) groups is 3. The zero-order valence-electron chi connectivity index (χ0n) is 25.5. The number of hydrogen-bond acceptors (Lipinski definition) is 7. The first kappa shape index (κ1) is 33.0. The average Bonchev–Trinajstić information content (AvgIpc) is 3.40. The molecule has 0 spiro atoms. The molecule has 11 heteroatoms. The first-order chi connectivity index (χ1) is 19.7. The molecule has 230 valence electrons. The zero-order valence-corrected chi connectivity index (χ0v) is 26.4. The SMILES string of the molecule is CC(C)C(NC(=O)[C@@H]1CCCN1C(=O)[C@@H](NC(=O)OC(C)(C)C)C(C)C)P(=O)(Oc1ccccc1)Oc1ccccc1. The fraction of sp³-hybridized carbons (Fsp3) is 0.516. The molecule has 2 N–H and O–H groups in total. The van der Waals surface area contributed by atoms with Gasteiger partial charge in [-0.1, -0.05) is 64.1 Å². The second-order valence-corrected chi connectivity index (χ2v) is 14.1. The van der Waals surface area contributed by atoms with E-state index in [2.05, 4.69) is 10.6 Å². The normalized spacial score (nSPS) is 17.0. The van der Waals surface area contributed by atoms with E-state index in [0.29, 0.717) is 30.9 Å². The Kier molecular flexibility index (Phi) is 11.1. The van der Waals surface area contributed by atoms with Crippen molar-refractivity contribution in [1.29, 1.82) is 0 Å². The standard InChI is InChI=1S/C31H44N3O7P/c1-21(2)26(32-30(37)39-31(5,6)7)29(36)34-20-14-19-25(34)27(35)33-28(22(3)4)42(38,40-23-15-10-8-11-16-23)41-24-17-12-9-13-18-24/h8-13,15-18,21-22,25-26,28H,14,19-20H2,1-7H3,(H,32,37)(H,33,35)/t25-,26-,28?/m0/s1. The Hall–Kier alpha value is -3.52. The van der Waals surface area contributed by atoms with Crippen LogP contribution < -0.4 is 19.7 Å². The number of nitrogens with one attached hydrogen (secondary N) is 2. The molecular formula is C31H44N3O7P. The summed E-state index contributed by atoms with van der Waals surface area (Å²) in [6, 6.07) is 15.6. The van der Waals surface area contributed by atoms with E-state index in [1.807, 2.05) is 39.8 Å². The van der Waals surface area contributed by atoms with Crippen LogP contribution in [-0.4, -0.2) is 52.8 Å². The molecular weight excluding hydrogens is 557 g/mol. The summed E-state index contributed by atoms with van der Waals surface area (Å²) in [5, 5.41) is 5.58. The van der Waals surface area contributed by atoms with Gasteiger partial charge in [-0.15, -0.1) is 0 Å². The summed E-state index contributed by atoms with van der Waals surface area (Å²) < 4.78 is 31.8. The van der Waals surface area contributed by atoms with Gasteiger partial charge >= 0.3 is 13.7 Å². The maximum absolute atomic E-state index is 14.5. The number of nitrogens with zero attached hydrogens (tertiary/aromatic N) is 1. The lowest BCUT2D eigenvalue weighted by Gasteiger charge is -2.34. The maximum Gasteiger partial charge on any atom is 0.453 e. The van der Waals surface area contributed by atoms with Crippen molar-refractivity contribution in [1.82, 2.24) is 15.5 Å². The van der Waals surface area contributed by atoms with Crippen molar-refractivity contribution in [2.75, 3.05) is 6.54 Å². The van der Waals surface area contributed by atoms with Crippen molar-refractivity contribution < 1.29 is 32.7 Å². The highest BCUT2D eigenvalue weighted by Gasteiger charge is 2.46. The van der Waals surface area contributed by atoms with Crippen molar-refractivity contribution in [2.24, 2.45) is 11.8 Å². The predicted octanol–water partition coefficient (Wildman–Crippen LogP) is 5.98. The molecule has 0 saturated carbocycles. The number of alkyl carbamates (subject to hydrolysis) is 1. The summed E-state index contributed by atoms with van der Waals surface area (Å²) in [4.78, 5) is 41.4. The molecule has 0 aliphatic carbocycles. The summed E-state index contributed by atoms with van der Waals surface area (Å²) >= 11 is 0. The second kappa shape index (κ2) is 14.1. The van der Waals surface area contributed by atoms with Crippen LogP contribution in [0.2, 0.25) is 0 Å². The van der Waals surface area contributed by atoms with Crippen LogP contribution >= 0.6 is 7.60 Å². The molecule has 1 heterocycles. The predicted molar refractivity (Wildman–Crippen MR) is 161 cm³/mol. The van der Waals surface area contributed by atoms with E-state index >= 15 is 0 Å². The highest BCUT2D eigenvalue weighted by molar-refractivity contribution is 7.55. The van der Waals surface area contributed by atoms with Crippen molar-refractivity contribution in [3.8, 4) is 11.5 Å². The molecule has 10 nitrogen and oxygen atoms in total. The molecule has 3 rings (SSSR count). The molecule has 1 saturated heterocycles. The lowest BCUT2D eigenvalue weighted by Crippen LogP contribution is -2.56. The number of hydrogen-bond donors (Lipinski definition) is 2. The minimum Gasteiger partial charge on any atom is -0.444 e. The van der Waals surface area contributed by atoms with Gasteiger partial charge in [-0.2, -0.15) is 0 Å². The molecule has 1 unspecified atom stereocenters. The van der Waals surface area contributed by atoms with Gasteiger partial charge in [0.1, 0.15) is 29.2 Å². The third-order valence-electron chi connectivity index (χ3n) is 6.66. The molecule has 0 bridgehead atoms. The second-order valence-electron chi connectivity index (χ2n) is 12.1. The third-order valence-corrected chi connectivity index (χ3v) is 8.99. The maximum atomic E-state index is 14.5. The van der Waals surface area contributed by atoms with E-state index in [9.17, 15) is 18.9 Å². The van der Waals surface area contributed by atoms with Crippen molar-refractivity contribution in [3.05, 3.63) is 60.7 Å². The molecule has 3 atom stereocenters. The van der Waals surface area contributed by atoms with Gasteiger partial charge in [0.05, 0.1) is 0 Å². The topological polar surface area (TPSA) is 123 Å². The van der Waals surface area contributed by atoms with Gasteiger partial charge in [-0.3, -0.25) is 9.59 Å². The Morgan fingerprint density at radius 1 is 0.857 bits per heavy atom. The number of likely N-dealkylation sites (tertiary alicyclic amines) is 1. The van der Waals surface area contributed by atoms with Gasteiger partial charge in [-0.25, -0.2) is 9.36 Å². The van der Waals surface area contributed by atoms with Gasteiger partial charge < -0.3 is 29.3 Å². The van der Waals surface area contributed by atoms with Crippen LogP contribution in [0.4, 0.5) is 4.79 Å². The summed E-state index contributed by atoms with van der Waals surface area (Å²) in [5.41, 5.74) is -0.728. The largest absolute Gasteiger partial charge is 0.453 e. The van der Waals surface area contributed by atoms with E-state index in [0.717, 1.165) is 0 Å². The molecule has 3 amide bonds. The van der Waals surface area contributed by atoms with Gasteiger partial charge in [0.2, 0.25) is 11.8 Å². The highest BCUT2D eigenvalue weighted by atomic mass is 31.2. The van der Waals surface area contributed by atoms with Crippen LogP contribution in [-0.2, 0) is 18.9 Å². The average molecular weight is 602 g/mol. The van der Waals surface area contributed by atoms with E-state index in [1.165, 1.54) is 4.90 Å². The number of amides is 3. The Balaban J connectivity index is 1.84. The number of carbonyl (C=O) groups excluding carboxylic acids is 3. The van der Waals surface area contributed by atoms with Crippen molar-refractivity contribution >= 4 is 25.5 Å². The molecule has 1 fully saturated rings. The quantitative estimate of drug-likeness (QED) is 0.304. The number of rotatable bonds is 11. The van der Waals surface area contributed by atoms with Crippen LogP contribution in [0.25, 0.3) is 0 Å². The van der Waals surface area contributed by atoms with E-state index < -0.39 is 43.1 Å². The van der Waals surface area contributed by atoms with E-state index in [-0.39, 0.29) is 17.7 Å². The zero-order chi connectivity index (χ0) is 31.1. The van der Waals surface area contributed by atoms with Gasteiger partial charge in [0.15, 0.2) is 5.78 Å². The van der Waals surface area contributed by atoms with Crippen molar-refractivity contribution in [2.45, 2.75) is 84.8 Å². The number of para-hydroxylation sites is 2. The van der Waals surface area contributed by atoms with E-state index in [4.69, 9.17) is 13.8 Å². The fourth-order valence-electron chi connectivity index (χ4n) is 4.67. The minimum atomic E-state index is -4.05. The van der Waals surface area contributed by atoms with Crippen LogP contribution in [0.15, 0.2) is 60.7 Å². The van der Waals surface area contributed by atoms with Crippen LogP contribution in [0.3, 0.4) is 0 Å². The Bertz CT molecular complexity index is 1200. The summed E-state index contributed by atoms with van der Waals surface area (Å²) in [6.07, 6.45) is 0.321. The lowest BCUT2D eigenvalue weighted by atomic mass is 10.0. The molecule has 0 radical (unpaired) electrons. The highest BCUT2D eigenvalue weighted by Crippen LogP contribution is 2.54. The van der Waals surface area contributed by atoms with Crippen LogP contribution in [0.1, 0.15) is 61.3 Å². The molecule has 42 heavy (non-hydrogen) atoms. The van der Waals surface area contributed by atoms with Gasteiger partial charge in [0.25, 0.3) is 0 Å². The Morgan fingerprint density at radius 2 is 1.38 bits per heavy atom. The van der Waals surface area contributed by atoms with Crippen LogP contribution in [0, 0.1) is 11.8 Å². The molecule has 0 aromatic heterocycles. The molecule has 1 aliphatic rings.